The van der Waals surface area contributed by atoms with Gasteiger partial charge in [0.25, 0.3) is 0 Å². The van der Waals surface area contributed by atoms with Crippen LogP contribution in [-0.4, -0.2) is 11.7 Å². The van der Waals surface area contributed by atoms with Gasteiger partial charge in [-0.3, -0.25) is 0 Å². The molecule has 128 valence electrons. The molecule has 0 fully saturated rings. The van der Waals surface area contributed by atoms with Crippen LogP contribution in [-0.2, 0) is 0 Å². The van der Waals surface area contributed by atoms with E-state index in [0.717, 1.165) is 12.3 Å². The van der Waals surface area contributed by atoms with Gasteiger partial charge in [0.2, 0.25) is 0 Å². The second-order valence-electron chi connectivity index (χ2n) is 6.84. The van der Waals surface area contributed by atoms with Gasteiger partial charge in [-0.2, -0.15) is 0 Å². The van der Waals surface area contributed by atoms with Crippen molar-refractivity contribution in [2.24, 2.45) is 5.92 Å². The van der Waals surface area contributed by atoms with Crippen molar-refractivity contribution in [2.45, 2.75) is 117 Å². The van der Waals surface area contributed by atoms with Crippen molar-refractivity contribution in [3.05, 3.63) is 0 Å². The van der Waals surface area contributed by atoms with E-state index in [4.69, 9.17) is 5.11 Å². The summed E-state index contributed by atoms with van der Waals surface area (Å²) in [6.45, 7) is 4.95. The first-order valence-electron chi connectivity index (χ1n) is 9.96. The molecule has 1 nitrogen and oxygen atoms in total. The Kier molecular flexibility index (Phi) is 18.0. The Morgan fingerprint density at radius 3 is 1.33 bits per heavy atom. The molecule has 0 aliphatic rings. The van der Waals surface area contributed by atoms with Gasteiger partial charge >= 0.3 is 0 Å². The molecule has 0 saturated carbocycles. The van der Waals surface area contributed by atoms with Gasteiger partial charge in [0.05, 0.1) is 0 Å². The summed E-state index contributed by atoms with van der Waals surface area (Å²) in [5, 5.41) is 8.95. The minimum atomic E-state index is 0.375. The zero-order chi connectivity index (χ0) is 15.6. The highest BCUT2D eigenvalue weighted by Crippen LogP contribution is 2.23. The molecule has 0 spiro atoms. The first kappa shape index (κ1) is 21.0. The van der Waals surface area contributed by atoms with E-state index in [0.29, 0.717) is 6.61 Å². The van der Waals surface area contributed by atoms with Crippen LogP contribution in [0.1, 0.15) is 117 Å². The summed E-state index contributed by atoms with van der Waals surface area (Å²) in [7, 11) is 0. The van der Waals surface area contributed by atoms with E-state index in [9.17, 15) is 0 Å². The van der Waals surface area contributed by atoms with Crippen molar-refractivity contribution >= 4 is 0 Å². The number of unbranched alkanes of at least 4 members (excludes halogenated alkanes) is 10. The molecule has 0 heterocycles. The third-order valence-corrected chi connectivity index (χ3v) is 4.70. The van der Waals surface area contributed by atoms with Crippen LogP contribution < -0.4 is 0 Å². The summed E-state index contributed by atoms with van der Waals surface area (Å²) in [4.78, 5) is 0. The highest BCUT2D eigenvalue weighted by atomic mass is 16.2. The maximum Gasteiger partial charge on any atom is 0.0431 e. The SMILES string of the molecule is CCCCCCCCC(CCCCO)CCCCCCC. The van der Waals surface area contributed by atoms with Gasteiger partial charge in [0, 0.05) is 6.61 Å². The Morgan fingerprint density at radius 1 is 0.524 bits per heavy atom. The normalized spacial score (nSPS) is 12.7. The fourth-order valence-electron chi connectivity index (χ4n) is 3.23. The Hall–Kier alpha value is -0.0400. The van der Waals surface area contributed by atoms with E-state index in [1.807, 2.05) is 0 Å². The van der Waals surface area contributed by atoms with Crippen molar-refractivity contribution in [1.29, 1.82) is 0 Å². The molecular formula is C20H42O. The zero-order valence-electron chi connectivity index (χ0n) is 15.0. The lowest BCUT2D eigenvalue weighted by Crippen LogP contribution is -2.02. The van der Waals surface area contributed by atoms with Crippen LogP contribution in [0.25, 0.3) is 0 Å². The van der Waals surface area contributed by atoms with Crippen LogP contribution in [0, 0.1) is 5.92 Å². The van der Waals surface area contributed by atoms with Crippen LogP contribution in [0.2, 0.25) is 0 Å². The number of hydrogen-bond donors (Lipinski definition) is 1. The predicted molar refractivity (Wildman–Crippen MR) is 95.8 cm³/mol. The molecule has 0 aromatic carbocycles. The third-order valence-electron chi connectivity index (χ3n) is 4.70. The van der Waals surface area contributed by atoms with E-state index in [2.05, 4.69) is 13.8 Å². The molecule has 0 aliphatic heterocycles. The van der Waals surface area contributed by atoms with E-state index in [1.165, 1.54) is 96.3 Å². The van der Waals surface area contributed by atoms with Gasteiger partial charge in [-0.05, 0) is 12.3 Å². The van der Waals surface area contributed by atoms with Crippen molar-refractivity contribution in [1.82, 2.24) is 0 Å². The van der Waals surface area contributed by atoms with Crippen LogP contribution in [0.3, 0.4) is 0 Å². The van der Waals surface area contributed by atoms with Crippen molar-refractivity contribution in [2.75, 3.05) is 6.61 Å². The van der Waals surface area contributed by atoms with E-state index in [-0.39, 0.29) is 0 Å². The van der Waals surface area contributed by atoms with Crippen molar-refractivity contribution in [3.63, 3.8) is 0 Å². The van der Waals surface area contributed by atoms with E-state index < -0.39 is 0 Å². The standard InChI is InChI=1S/C20H42O/c1-3-5-7-9-11-13-17-20(18-14-15-19-21)16-12-10-8-6-4-2/h20-21H,3-19H2,1-2H3. The van der Waals surface area contributed by atoms with Crippen LogP contribution in [0.15, 0.2) is 0 Å². The lowest BCUT2D eigenvalue weighted by atomic mass is 9.90. The predicted octanol–water partition coefficient (Wildman–Crippen LogP) is 6.88. The Labute approximate surface area is 134 Å². The first-order chi connectivity index (χ1) is 10.3. The Morgan fingerprint density at radius 2 is 0.905 bits per heavy atom. The second kappa shape index (κ2) is 18.0. The topological polar surface area (TPSA) is 20.2 Å². The molecule has 0 aliphatic carbocycles. The van der Waals surface area contributed by atoms with Crippen LogP contribution in [0.4, 0.5) is 0 Å². The molecule has 0 aromatic heterocycles. The molecule has 0 saturated heterocycles. The molecule has 1 heteroatoms. The molecule has 21 heavy (non-hydrogen) atoms. The molecule has 0 bridgehead atoms. The first-order valence-corrected chi connectivity index (χ1v) is 9.96. The summed E-state index contributed by atoms with van der Waals surface area (Å²) >= 11 is 0. The third kappa shape index (κ3) is 16.2. The Balaban J connectivity index is 3.64. The average Bonchev–Trinajstić information content (AvgIpc) is 2.50. The van der Waals surface area contributed by atoms with E-state index >= 15 is 0 Å². The Bertz CT molecular complexity index is 179. The summed E-state index contributed by atoms with van der Waals surface area (Å²) in [5.74, 6) is 0.935. The van der Waals surface area contributed by atoms with E-state index in [1.54, 1.807) is 0 Å². The maximum atomic E-state index is 8.95. The van der Waals surface area contributed by atoms with Gasteiger partial charge in [0.1, 0.15) is 0 Å². The highest BCUT2D eigenvalue weighted by molar-refractivity contribution is 4.61. The number of aliphatic hydroxyl groups is 1. The molecule has 1 unspecified atom stereocenters. The highest BCUT2D eigenvalue weighted by Gasteiger charge is 2.08. The van der Waals surface area contributed by atoms with Gasteiger partial charge in [0.15, 0.2) is 0 Å². The van der Waals surface area contributed by atoms with Gasteiger partial charge < -0.3 is 5.11 Å². The summed E-state index contributed by atoms with van der Waals surface area (Å²) in [5.41, 5.74) is 0. The lowest BCUT2D eigenvalue weighted by molar-refractivity contribution is 0.272. The largest absolute Gasteiger partial charge is 0.396 e. The fraction of sp³-hybridized carbons (Fsp3) is 1.00. The second-order valence-corrected chi connectivity index (χ2v) is 6.84. The number of aliphatic hydroxyl groups excluding tert-OH is 1. The maximum absolute atomic E-state index is 8.95. The molecule has 0 rings (SSSR count). The monoisotopic (exact) mass is 298 g/mol. The quantitative estimate of drug-likeness (QED) is 0.290. The van der Waals surface area contributed by atoms with Gasteiger partial charge in [-0.1, -0.05) is 110 Å². The fourth-order valence-corrected chi connectivity index (χ4v) is 3.23. The zero-order valence-corrected chi connectivity index (χ0v) is 15.0. The molecule has 0 amide bonds. The molecule has 1 atom stereocenters. The lowest BCUT2D eigenvalue weighted by Gasteiger charge is -2.16. The molecular weight excluding hydrogens is 256 g/mol. The van der Waals surface area contributed by atoms with Crippen molar-refractivity contribution < 1.29 is 5.11 Å². The molecule has 1 N–H and O–H groups in total. The average molecular weight is 299 g/mol. The summed E-state index contributed by atoms with van der Waals surface area (Å²) in [6, 6.07) is 0. The van der Waals surface area contributed by atoms with Crippen LogP contribution in [0.5, 0.6) is 0 Å². The smallest absolute Gasteiger partial charge is 0.0431 e. The van der Waals surface area contributed by atoms with Crippen molar-refractivity contribution in [3.8, 4) is 0 Å². The summed E-state index contributed by atoms with van der Waals surface area (Å²) in [6.07, 6.45) is 22.0. The molecule has 0 radical (unpaired) electrons. The van der Waals surface area contributed by atoms with Crippen LogP contribution >= 0.6 is 0 Å². The van der Waals surface area contributed by atoms with Gasteiger partial charge in [-0.25, -0.2) is 0 Å². The minimum absolute atomic E-state index is 0.375. The van der Waals surface area contributed by atoms with Gasteiger partial charge in [-0.15, -0.1) is 0 Å². The summed E-state index contributed by atoms with van der Waals surface area (Å²) < 4.78 is 0. The number of hydrogen-bond acceptors (Lipinski definition) is 1. The minimum Gasteiger partial charge on any atom is -0.396 e. The molecule has 0 aromatic rings. The number of rotatable bonds is 17.